The van der Waals surface area contributed by atoms with Crippen molar-refractivity contribution in [2.75, 3.05) is 4.90 Å². The van der Waals surface area contributed by atoms with Crippen LogP contribution in [0.25, 0.3) is 0 Å². The SMILES string of the molecule is C=CC1=CCC2C(=O)N(c3ccc(F)c(Cl)c3)C(=O)C2(C)C1c1ccc(OCc2ccccc2)cc1O. The van der Waals surface area contributed by atoms with Gasteiger partial charge in [0.25, 0.3) is 0 Å². The van der Waals surface area contributed by atoms with Gasteiger partial charge in [0.2, 0.25) is 11.8 Å². The minimum Gasteiger partial charge on any atom is -0.508 e. The van der Waals surface area contributed by atoms with Crippen molar-refractivity contribution in [1.29, 1.82) is 0 Å². The van der Waals surface area contributed by atoms with Crippen molar-refractivity contribution in [2.45, 2.75) is 25.9 Å². The number of benzene rings is 3. The molecule has 37 heavy (non-hydrogen) atoms. The lowest BCUT2D eigenvalue weighted by atomic mass is 9.60. The number of rotatable bonds is 6. The quantitative estimate of drug-likeness (QED) is 0.376. The number of nitrogens with zero attached hydrogens (tertiary/aromatic N) is 1. The Morgan fingerprint density at radius 2 is 1.92 bits per heavy atom. The summed E-state index contributed by atoms with van der Waals surface area (Å²) in [4.78, 5) is 28.5. The highest BCUT2D eigenvalue weighted by Crippen LogP contribution is 2.58. The number of hydrogen-bond donors (Lipinski definition) is 1. The standard InChI is InChI=1S/C30H25ClFNO4/c1-3-19-9-13-23-28(35)33(20-10-14-25(32)24(31)15-20)29(36)30(23,2)27(19)22-12-11-21(16-26(22)34)37-17-18-7-5-4-6-8-18/h3-12,14-16,23,27,34H,1,13,17H2,2H3. The Morgan fingerprint density at radius 3 is 2.59 bits per heavy atom. The van der Waals surface area contributed by atoms with Crippen molar-refractivity contribution in [3.05, 3.63) is 113 Å². The number of allylic oxidation sites excluding steroid dienone is 3. The number of anilines is 1. The minimum absolute atomic E-state index is 0.0475. The van der Waals surface area contributed by atoms with E-state index in [2.05, 4.69) is 6.58 Å². The van der Waals surface area contributed by atoms with Crippen LogP contribution in [-0.2, 0) is 16.2 Å². The van der Waals surface area contributed by atoms with Crippen molar-refractivity contribution in [1.82, 2.24) is 0 Å². The summed E-state index contributed by atoms with van der Waals surface area (Å²) >= 11 is 5.95. The van der Waals surface area contributed by atoms with Crippen LogP contribution in [0.4, 0.5) is 10.1 Å². The fraction of sp³-hybridized carbons (Fsp3) is 0.200. The van der Waals surface area contributed by atoms with E-state index >= 15 is 0 Å². The number of phenolic OH excluding ortho intramolecular Hbond substituents is 1. The number of fused-ring (bicyclic) bond motifs is 1. The maximum atomic E-state index is 14.0. The highest BCUT2D eigenvalue weighted by atomic mass is 35.5. The minimum atomic E-state index is -1.21. The number of carbonyl (C=O) groups is 2. The first kappa shape index (κ1) is 24.8. The lowest BCUT2D eigenvalue weighted by Gasteiger charge is -2.40. The second-order valence-corrected chi connectivity index (χ2v) is 9.89. The van der Waals surface area contributed by atoms with Crippen LogP contribution in [0.3, 0.4) is 0 Å². The average Bonchev–Trinajstić information content (AvgIpc) is 3.09. The third kappa shape index (κ3) is 4.11. The van der Waals surface area contributed by atoms with Crippen molar-refractivity contribution >= 4 is 29.1 Å². The fourth-order valence-corrected chi connectivity index (χ4v) is 5.64. The van der Waals surface area contributed by atoms with Gasteiger partial charge in [-0.05, 0) is 48.7 Å². The zero-order valence-corrected chi connectivity index (χ0v) is 20.9. The molecule has 2 aliphatic rings. The first-order valence-electron chi connectivity index (χ1n) is 11.9. The van der Waals surface area contributed by atoms with Gasteiger partial charge in [-0.1, -0.05) is 66.7 Å². The molecule has 0 saturated carbocycles. The summed E-state index contributed by atoms with van der Waals surface area (Å²) in [6, 6.07) is 18.4. The molecule has 1 aliphatic heterocycles. The van der Waals surface area contributed by atoms with Crippen LogP contribution in [0.1, 0.15) is 30.4 Å². The van der Waals surface area contributed by atoms with Gasteiger partial charge in [0.05, 0.1) is 22.0 Å². The summed E-state index contributed by atoms with van der Waals surface area (Å²) in [5.74, 6) is -2.35. The predicted octanol–water partition coefficient (Wildman–Crippen LogP) is 6.56. The Hall–Kier alpha value is -3.90. The van der Waals surface area contributed by atoms with E-state index in [1.807, 2.05) is 36.4 Å². The Bertz CT molecular complexity index is 1440. The second kappa shape index (κ2) is 9.52. The topological polar surface area (TPSA) is 66.8 Å². The molecule has 1 aliphatic carbocycles. The normalized spacial score (nSPS) is 23.0. The molecule has 5 rings (SSSR count). The number of aromatic hydroxyl groups is 1. The van der Waals surface area contributed by atoms with Gasteiger partial charge in [-0.3, -0.25) is 9.59 Å². The molecular formula is C30H25ClFNO4. The lowest BCUT2D eigenvalue weighted by Crippen LogP contribution is -2.41. The number of hydrogen-bond acceptors (Lipinski definition) is 4. The molecule has 3 unspecified atom stereocenters. The van der Waals surface area contributed by atoms with Crippen LogP contribution in [0.5, 0.6) is 11.5 Å². The molecule has 188 valence electrons. The first-order chi connectivity index (χ1) is 17.8. The summed E-state index contributed by atoms with van der Waals surface area (Å²) in [7, 11) is 0. The van der Waals surface area contributed by atoms with Crippen molar-refractivity contribution in [3.63, 3.8) is 0 Å². The molecule has 0 aromatic heterocycles. The van der Waals surface area contributed by atoms with Crippen molar-refractivity contribution in [3.8, 4) is 11.5 Å². The van der Waals surface area contributed by atoms with Gasteiger partial charge in [-0.15, -0.1) is 0 Å². The smallest absolute Gasteiger partial charge is 0.241 e. The fourth-order valence-electron chi connectivity index (χ4n) is 5.46. The van der Waals surface area contributed by atoms with Gasteiger partial charge in [0, 0.05) is 17.5 Å². The van der Waals surface area contributed by atoms with Gasteiger partial charge >= 0.3 is 0 Å². The Kier molecular flexibility index (Phi) is 6.38. The number of imide groups is 1. The molecule has 1 saturated heterocycles. The lowest BCUT2D eigenvalue weighted by molar-refractivity contribution is -0.127. The largest absolute Gasteiger partial charge is 0.508 e. The molecule has 0 spiro atoms. The Morgan fingerprint density at radius 1 is 1.16 bits per heavy atom. The maximum Gasteiger partial charge on any atom is 0.241 e. The van der Waals surface area contributed by atoms with Crippen LogP contribution in [0.2, 0.25) is 5.02 Å². The summed E-state index contributed by atoms with van der Waals surface area (Å²) < 4.78 is 19.6. The number of carbonyl (C=O) groups excluding carboxylic acids is 2. The molecule has 0 radical (unpaired) electrons. The van der Waals surface area contributed by atoms with E-state index in [9.17, 15) is 19.1 Å². The molecule has 5 nitrogen and oxygen atoms in total. The van der Waals surface area contributed by atoms with E-state index in [0.717, 1.165) is 22.1 Å². The number of ether oxygens (including phenoxy) is 1. The molecule has 3 atom stereocenters. The van der Waals surface area contributed by atoms with Crippen LogP contribution < -0.4 is 9.64 Å². The van der Waals surface area contributed by atoms with E-state index in [-0.39, 0.29) is 22.4 Å². The Labute approximate surface area is 219 Å². The highest BCUT2D eigenvalue weighted by Gasteiger charge is 2.62. The molecule has 1 fully saturated rings. The Balaban J connectivity index is 1.51. The van der Waals surface area contributed by atoms with Crippen LogP contribution >= 0.6 is 11.6 Å². The molecule has 1 N–H and O–H groups in total. The molecule has 3 aromatic rings. The van der Waals surface area contributed by atoms with Crippen LogP contribution in [-0.4, -0.2) is 16.9 Å². The third-order valence-electron chi connectivity index (χ3n) is 7.39. The van der Waals surface area contributed by atoms with Crippen LogP contribution in [0, 0.1) is 17.2 Å². The van der Waals surface area contributed by atoms with Gasteiger partial charge in [-0.25, -0.2) is 9.29 Å². The van der Waals surface area contributed by atoms with Gasteiger partial charge in [-0.2, -0.15) is 0 Å². The zero-order chi connectivity index (χ0) is 26.3. The van der Waals surface area contributed by atoms with Gasteiger partial charge in [0.15, 0.2) is 0 Å². The maximum absolute atomic E-state index is 14.0. The van der Waals surface area contributed by atoms with Crippen molar-refractivity contribution < 1.29 is 23.8 Å². The second-order valence-electron chi connectivity index (χ2n) is 9.48. The summed E-state index contributed by atoms with van der Waals surface area (Å²) in [5, 5.41) is 10.9. The summed E-state index contributed by atoms with van der Waals surface area (Å²) in [6.45, 7) is 5.99. The van der Waals surface area contributed by atoms with Crippen LogP contribution in [0.15, 0.2) is 91.0 Å². The average molecular weight is 518 g/mol. The molecule has 2 amide bonds. The first-order valence-corrected chi connectivity index (χ1v) is 12.3. The molecule has 0 bridgehead atoms. The molecule has 7 heteroatoms. The monoisotopic (exact) mass is 517 g/mol. The van der Waals surface area contributed by atoms with Crippen molar-refractivity contribution in [2.24, 2.45) is 11.3 Å². The number of phenols is 1. The predicted molar refractivity (Wildman–Crippen MR) is 140 cm³/mol. The van der Waals surface area contributed by atoms with E-state index in [4.69, 9.17) is 16.3 Å². The number of halogens is 2. The van der Waals surface area contributed by atoms with Gasteiger partial charge < -0.3 is 9.84 Å². The van der Waals surface area contributed by atoms with Gasteiger partial charge in [0.1, 0.15) is 23.9 Å². The number of amides is 2. The highest BCUT2D eigenvalue weighted by molar-refractivity contribution is 6.31. The summed E-state index contributed by atoms with van der Waals surface area (Å²) in [6.07, 6.45) is 3.87. The molecule has 1 heterocycles. The zero-order valence-electron chi connectivity index (χ0n) is 20.2. The van der Waals surface area contributed by atoms with E-state index in [1.165, 1.54) is 18.2 Å². The third-order valence-corrected chi connectivity index (χ3v) is 7.68. The molecular weight excluding hydrogens is 493 g/mol. The van der Waals surface area contributed by atoms with E-state index in [0.29, 0.717) is 24.3 Å². The van der Waals surface area contributed by atoms with E-state index in [1.54, 1.807) is 25.1 Å². The van der Waals surface area contributed by atoms with E-state index < -0.39 is 29.0 Å². The summed E-state index contributed by atoms with van der Waals surface area (Å²) in [5.41, 5.74) is 1.23. The molecule has 3 aromatic carbocycles.